The number of likely N-dealkylation sites (tertiary alicyclic amines) is 1. The molecule has 12 heteroatoms. The first kappa shape index (κ1) is 29.7. The van der Waals surface area contributed by atoms with Crippen molar-refractivity contribution >= 4 is 46.8 Å². The number of amides is 5. The van der Waals surface area contributed by atoms with E-state index in [4.69, 9.17) is 5.11 Å². The molecule has 0 aliphatic carbocycles. The maximum absolute atomic E-state index is 14.2. The number of halogens is 1. The second-order valence-electron chi connectivity index (χ2n) is 10.6. The first-order chi connectivity index (χ1) is 20.6. The highest BCUT2D eigenvalue weighted by molar-refractivity contribution is 6.35. The Kier molecular flexibility index (Phi) is 8.69. The zero-order chi connectivity index (χ0) is 30.7. The van der Waals surface area contributed by atoms with E-state index in [2.05, 4.69) is 31.2 Å². The number of aromatic amines is 1. The predicted molar refractivity (Wildman–Crippen MR) is 160 cm³/mol. The summed E-state index contributed by atoms with van der Waals surface area (Å²) < 4.78 is 14.2. The number of carbonyl (C=O) groups excluding carboxylic acids is 4. The van der Waals surface area contributed by atoms with Gasteiger partial charge in [0.05, 0.1) is 29.0 Å². The Hall–Kier alpha value is -4.81. The number of fused-ring (bicyclic) bond motifs is 1. The number of rotatable bonds is 8. The molecule has 3 heterocycles. The summed E-state index contributed by atoms with van der Waals surface area (Å²) in [5, 5.41) is 19.4. The van der Waals surface area contributed by atoms with E-state index in [9.17, 15) is 23.6 Å². The van der Waals surface area contributed by atoms with Crippen molar-refractivity contribution in [1.29, 1.82) is 0 Å². The van der Waals surface area contributed by atoms with Gasteiger partial charge in [-0.05, 0) is 81.2 Å². The minimum atomic E-state index is -0.949. The van der Waals surface area contributed by atoms with Gasteiger partial charge in [0.1, 0.15) is 5.82 Å². The lowest BCUT2D eigenvalue weighted by atomic mass is 10.0. The molecule has 5 rings (SSSR count). The molecule has 0 radical (unpaired) electrons. The van der Waals surface area contributed by atoms with E-state index in [0.29, 0.717) is 51.6 Å². The van der Waals surface area contributed by atoms with Gasteiger partial charge in [-0.15, -0.1) is 0 Å². The number of hydrogen-bond acceptors (Lipinski definition) is 6. The summed E-state index contributed by atoms with van der Waals surface area (Å²) in [6.07, 6.45) is 4.08. The van der Waals surface area contributed by atoms with E-state index in [-0.39, 0.29) is 24.0 Å². The molecule has 0 spiro atoms. The van der Waals surface area contributed by atoms with Crippen LogP contribution in [0.4, 0.5) is 20.6 Å². The van der Waals surface area contributed by atoms with Crippen LogP contribution in [0.15, 0.2) is 36.4 Å². The fraction of sp³-hybridized carbons (Fsp3) is 0.290. The fourth-order valence-electron chi connectivity index (χ4n) is 5.42. The maximum Gasteiger partial charge on any atom is 0.326 e. The number of benzene rings is 2. The summed E-state index contributed by atoms with van der Waals surface area (Å²) in [5.74, 6) is -2.33. The topological polar surface area (TPSA) is 156 Å². The van der Waals surface area contributed by atoms with Crippen molar-refractivity contribution in [1.82, 2.24) is 20.5 Å². The van der Waals surface area contributed by atoms with Crippen molar-refractivity contribution in [3.63, 3.8) is 0 Å². The quantitative estimate of drug-likeness (QED) is 0.221. The van der Waals surface area contributed by atoms with E-state index in [0.717, 1.165) is 31.3 Å². The number of urea groups is 1. The normalized spacial score (nSPS) is 15.3. The van der Waals surface area contributed by atoms with Crippen LogP contribution in [-0.2, 0) is 11.4 Å². The molecule has 2 aliphatic heterocycles. The number of anilines is 2. The standard InChI is InChI=1S/C31H33FN6O5/c1-17-25(34-18(2)27(17)30(42)33-9-12-38-10-3-4-11-38)15-23-21-8-6-20(14-26(21)36-29(23)41)35-31(43)37-28(40)22-7-5-19(16-39)13-24(22)32/h5-8,13-15,34,39H,3-4,9-12,16H2,1-2H3,(H,33,42)(H,36,41)(H2,35,37,40,43)/b23-15-. The summed E-state index contributed by atoms with van der Waals surface area (Å²) >= 11 is 0. The summed E-state index contributed by atoms with van der Waals surface area (Å²) in [6.45, 7) is 6.77. The van der Waals surface area contributed by atoms with E-state index in [1.54, 1.807) is 24.3 Å². The molecule has 1 saturated heterocycles. The van der Waals surface area contributed by atoms with Crippen molar-refractivity contribution in [3.8, 4) is 0 Å². The number of nitrogens with zero attached hydrogens (tertiary/aromatic N) is 1. The molecular weight excluding hydrogens is 555 g/mol. The number of imide groups is 1. The Morgan fingerprint density at radius 2 is 1.84 bits per heavy atom. The zero-order valence-electron chi connectivity index (χ0n) is 23.9. The molecule has 2 aromatic carbocycles. The van der Waals surface area contributed by atoms with E-state index < -0.39 is 17.8 Å². The zero-order valence-corrected chi connectivity index (χ0v) is 23.9. The lowest BCUT2D eigenvalue weighted by molar-refractivity contribution is -0.110. The first-order valence-corrected chi connectivity index (χ1v) is 14.0. The smallest absolute Gasteiger partial charge is 0.326 e. The molecule has 0 atom stereocenters. The number of aliphatic hydroxyl groups is 1. The van der Waals surface area contributed by atoms with Gasteiger partial charge in [0.15, 0.2) is 0 Å². The van der Waals surface area contributed by atoms with Gasteiger partial charge in [-0.3, -0.25) is 19.7 Å². The number of carbonyl (C=O) groups is 4. The van der Waals surface area contributed by atoms with Gasteiger partial charge in [-0.1, -0.05) is 12.1 Å². The van der Waals surface area contributed by atoms with Crippen molar-refractivity contribution in [2.24, 2.45) is 0 Å². The molecule has 0 unspecified atom stereocenters. The Bertz CT molecular complexity index is 1640. The van der Waals surface area contributed by atoms with Crippen LogP contribution >= 0.6 is 0 Å². The fourth-order valence-corrected chi connectivity index (χ4v) is 5.42. The van der Waals surface area contributed by atoms with Crippen LogP contribution in [0.25, 0.3) is 11.6 Å². The lowest BCUT2D eigenvalue weighted by Gasteiger charge is -2.14. The first-order valence-electron chi connectivity index (χ1n) is 14.0. The third-order valence-electron chi connectivity index (χ3n) is 7.65. The van der Waals surface area contributed by atoms with Gasteiger partial charge in [-0.2, -0.15) is 0 Å². The van der Waals surface area contributed by atoms with Crippen molar-refractivity contribution in [3.05, 3.63) is 81.4 Å². The van der Waals surface area contributed by atoms with Crippen LogP contribution < -0.4 is 21.3 Å². The van der Waals surface area contributed by atoms with Gasteiger partial charge in [0.2, 0.25) is 0 Å². The molecular formula is C31H33FN6O5. The molecule has 3 aromatic rings. The number of H-pyrrole nitrogens is 1. The minimum absolute atomic E-state index is 0.163. The molecule has 1 aromatic heterocycles. The molecule has 0 bridgehead atoms. The molecule has 11 nitrogen and oxygen atoms in total. The number of aryl methyl sites for hydroxylation is 1. The Morgan fingerprint density at radius 1 is 1.07 bits per heavy atom. The van der Waals surface area contributed by atoms with Crippen LogP contribution in [0.2, 0.25) is 0 Å². The van der Waals surface area contributed by atoms with Crippen LogP contribution in [0, 0.1) is 19.7 Å². The van der Waals surface area contributed by atoms with Crippen LogP contribution in [0.3, 0.4) is 0 Å². The molecule has 2 aliphatic rings. The van der Waals surface area contributed by atoms with Crippen molar-refractivity contribution in [2.75, 3.05) is 36.8 Å². The van der Waals surface area contributed by atoms with Gasteiger partial charge < -0.3 is 30.9 Å². The van der Waals surface area contributed by atoms with Crippen LogP contribution in [-0.4, -0.2) is 64.9 Å². The van der Waals surface area contributed by atoms with Gasteiger partial charge >= 0.3 is 6.03 Å². The van der Waals surface area contributed by atoms with Crippen molar-refractivity contribution < 1.29 is 28.7 Å². The van der Waals surface area contributed by atoms with E-state index in [1.807, 2.05) is 13.8 Å². The van der Waals surface area contributed by atoms with E-state index >= 15 is 0 Å². The largest absolute Gasteiger partial charge is 0.392 e. The number of hydrogen-bond donors (Lipinski definition) is 6. The Morgan fingerprint density at radius 3 is 2.56 bits per heavy atom. The average molecular weight is 589 g/mol. The highest BCUT2D eigenvalue weighted by Crippen LogP contribution is 2.35. The second-order valence-corrected chi connectivity index (χ2v) is 10.6. The van der Waals surface area contributed by atoms with Gasteiger partial charge in [-0.25, -0.2) is 9.18 Å². The van der Waals surface area contributed by atoms with Gasteiger partial charge in [0, 0.05) is 35.7 Å². The van der Waals surface area contributed by atoms with Crippen LogP contribution in [0.1, 0.15) is 61.6 Å². The molecule has 43 heavy (non-hydrogen) atoms. The van der Waals surface area contributed by atoms with E-state index in [1.165, 1.54) is 25.0 Å². The lowest BCUT2D eigenvalue weighted by Crippen LogP contribution is -2.34. The number of aliphatic hydroxyl groups excluding tert-OH is 1. The average Bonchev–Trinajstić information content (AvgIpc) is 3.66. The summed E-state index contributed by atoms with van der Waals surface area (Å²) in [5.41, 5.74) is 4.29. The number of nitrogens with one attached hydrogen (secondary N) is 5. The van der Waals surface area contributed by atoms with Crippen molar-refractivity contribution in [2.45, 2.75) is 33.3 Å². The highest BCUT2D eigenvalue weighted by atomic mass is 19.1. The second kappa shape index (κ2) is 12.6. The minimum Gasteiger partial charge on any atom is -0.392 e. The molecule has 5 amide bonds. The third-order valence-corrected chi connectivity index (χ3v) is 7.65. The van der Waals surface area contributed by atoms with Crippen LogP contribution in [0.5, 0.6) is 0 Å². The third kappa shape index (κ3) is 6.50. The summed E-state index contributed by atoms with van der Waals surface area (Å²) in [6, 6.07) is 7.46. The summed E-state index contributed by atoms with van der Waals surface area (Å²) in [4.78, 5) is 56.1. The maximum atomic E-state index is 14.2. The SMILES string of the molecule is Cc1[nH]c(/C=C2\C(=O)Nc3cc(NC(=O)NC(=O)c4ccc(CO)cc4F)ccc32)c(C)c1C(=O)NCCN1CCCC1. The Labute approximate surface area is 247 Å². The summed E-state index contributed by atoms with van der Waals surface area (Å²) in [7, 11) is 0. The molecule has 6 N–H and O–H groups in total. The monoisotopic (exact) mass is 588 g/mol. The highest BCUT2D eigenvalue weighted by Gasteiger charge is 2.26. The molecule has 0 saturated carbocycles. The number of aromatic nitrogens is 1. The Balaban J connectivity index is 1.25. The van der Waals surface area contributed by atoms with Gasteiger partial charge in [0.25, 0.3) is 17.7 Å². The predicted octanol–water partition coefficient (Wildman–Crippen LogP) is 3.54. The molecule has 1 fully saturated rings. The molecule has 224 valence electrons.